The third kappa shape index (κ3) is 4.44. The van der Waals surface area contributed by atoms with Gasteiger partial charge in [0.05, 0.1) is 12.2 Å². The Morgan fingerprint density at radius 2 is 2.06 bits per heavy atom. The van der Waals surface area contributed by atoms with Crippen molar-refractivity contribution in [2.75, 3.05) is 11.9 Å². The van der Waals surface area contributed by atoms with Gasteiger partial charge >= 0.3 is 0 Å². The summed E-state index contributed by atoms with van der Waals surface area (Å²) in [7, 11) is 0. The van der Waals surface area contributed by atoms with Crippen molar-refractivity contribution in [1.82, 2.24) is 9.55 Å². The van der Waals surface area contributed by atoms with Gasteiger partial charge in [0.1, 0.15) is 17.1 Å². The molecule has 2 heterocycles. The van der Waals surface area contributed by atoms with E-state index in [1.54, 1.807) is 12.2 Å². The fourth-order valence-electron chi connectivity index (χ4n) is 4.44. The molecule has 0 fully saturated rings. The lowest BCUT2D eigenvalue weighted by Gasteiger charge is -2.30. The van der Waals surface area contributed by atoms with E-state index in [4.69, 9.17) is 10.7 Å². The highest BCUT2D eigenvalue weighted by Gasteiger charge is 2.39. The maximum absolute atomic E-state index is 13.0. The lowest BCUT2D eigenvalue weighted by atomic mass is 9.75. The minimum atomic E-state index is -0.868. The molecule has 0 radical (unpaired) electrons. The monoisotopic (exact) mass is 429 g/mol. The molecule has 0 saturated carbocycles. The molecular weight excluding hydrogens is 398 g/mol. The fourth-order valence-corrected chi connectivity index (χ4v) is 4.44. The van der Waals surface area contributed by atoms with Crippen molar-refractivity contribution in [3.05, 3.63) is 77.5 Å². The second-order valence-corrected chi connectivity index (χ2v) is 8.54. The number of carbonyl (C=O) groups excluding carboxylic acids is 1. The Morgan fingerprint density at radius 1 is 1.22 bits per heavy atom. The largest absolute Gasteiger partial charge is 0.386 e. The predicted octanol–water partition coefficient (Wildman–Crippen LogP) is 4.57. The second kappa shape index (κ2) is 9.39. The van der Waals surface area contributed by atoms with Crippen LogP contribution in [-0.4, -0.2) is 27.7 Å². The molecule has 1 aliphatic heterocycles. The van der Waals surface area contributed by atoms with Gasteiger partial charge in [-0.15, -0.1) is 0 Å². The number of rotatable bonds is 8. The van der Waals surface area contributed by atoms with E-state index in [1.165, 1.54) is 5.69 Å². The molecule has 32 heavy (non-hydrogen) atoms. The van der Waals surface area contributed by atoms with E-state index >= 15 is 0 Å². The summed E-state index contributed by atoms with van der Waals surface area (Å²) in [5.41, 5.74) is 9.83. The molecule has 1 aliphatic carbocycles. The molecule has 4 rings (SSSR count). The molecule has 2 aromatic rings. The molecule has 166 valence electrons. The first-order valence-electron chi connectivity index (χ1n) is 11.3. The van der Waals surface area contributed by atoms with Gasteiger partial charge in [0.15, 0.2) is 5.78 Å². The minimum absolute atomic E-state index is 0.00678. The number of imidazole rings is 1. The number of benzene rings is 1. The Kier molecular flexibility index (Phi) is 6.40. The third-order valence-electron chi connectivity index (χ3n) is 6.35. The lowest BCUT2D eigenvalue weighted by Crippen LogP contribution is -2.43. The smallest absolute Gasteiger partial charge is 0.173 e. The number of aromatic nitrogens is 2. The van der Waals surface area contributed by atoms with E-state index in [0.717, 1.165) is 48.6 Å². The summed E-state index contributed by atoms with van der Waals surface area (Å²) in [6.07, 6.45) is 14.8. The number of unbranched alkanes of at least 4 members (excludes halogenated alkanes) is 2. The van der Waals surface area contributed by atoms with Crippen LogP contribution in [0.4, 0.5) is 5.69 Å². The molecule has 0 saturated heterocycles. The number of para-hydroxylation sites is 1. The number of aliphatic imine (C=N–C) groups is 1. The van der Waals surface area contributed by atoms with Crippen molar-refractivity contribution < 1.29 is 4.79 Å². The highest BCUT2D eigenvalue weighted by Crippen LogP contribution is 2.33. The molecule has 6 nitrogen and oxygen atoms in total. The number of aryl methyl sites for hydroxylation is 2. The van der Waals surface area contributed by atoms with Crippen molar-refractivity contribution >= 4 is 23.4 Å². The van der Waals surface area contributed by atoms with Crippen molar-refractivity contribution in [1.29, 1.82) is 0 Å². The molecule has 0 amide bonds. The molecule has 0 bridgehead atoms. The summed E-state index contributed by atoms with van der Waals surface area (Å²) in [5.74, 6) is 1.42. The summed E-state index contributed by atoms with van der Waals surface area (Å²) in [4.78, 5) is 22.1. The van der Waals surface area contributed by atoms with Crippen molar-refractivity contribution in [3.8, 4) is 0 Å². The fraction of sp³-hybridized carbons (Fsp3) is 0.346. The van der Waals surface area contributed by atoms with Gasteiger partial charge in [-0.3, -0.25) is 4.79 Å². The van der Waals surface area contributed by atoms with E-state index in [9.17, 15) is 4.79 Å². The number of nitrogens with one attached hydrogen (secondary N) is 1. The number of nitrogens with two attached hydrogens (primary N) is 1. The Balaban J connectivity index is 1.45. The molecule has 6 heteroatoms. The second-order valence-electron chi connectivity index (χ2n) is 8.54. The summed E-state index contributed by atoms with van der Waals surface area (Å²) in [6, 6.07) is 8.09. The van der Waals surface area contributed by atoms with Gasteiger partial charge < -0.3 is 15.6 Å². The summed E-state index contributed by atoms with van der Waals surface area (Å²) in [6.45, 7) is 5.64. The SMILES string of the molecule is Cc1cnc(C)n1CCCCCC1(C(N)=NC2=Cc3ccccc3NC2)C=CC=CC1=O. The molecule has 1 aromatic carbocycles. The van der Waals surface area contributed by atoms with Crippen LogP contribution in [0.25, 0.3) is 6.08 Å². The third-order valence-corrected chi connectivity index (χ3v) is 6.35. The standard InChI is InChI=1S/C26H31N5O/c1-19-17-28-20(2)31(19)15-9-3-7-13-26(14-8-6-12-24(26)32)25(27)30-22-16-21-10-4-5-11-23(21)29-18-22/h4-6,8,10-12,14,16-17,29H,3,7,9,13,15,18H2,1-2H3,(H2,27,30). The van der Waals surface area contributed by atoms with E-state index in [1.807, 2.05) is 55.6 Å². The van der Waals surface area contributed by atoms with Crippen LogP contribution in [0.15, 0.2) is 65.5 Å². The van der Waals surface area contributed by atoms with Crippen LogP contribution in [-0.2, 0) is 11.3 Å². The quantitative estimate of drug-likeness (QED) is 0.366. The zero-order chi connectivity index (χ0) is 22.6. The average molecular weight is 430 g/mol. The topological polar surface area (TPSA) is 85.3 Å². The number of hydrogen-bond acceptors (Lipinski definition) is 4. The Labute approximate surface area is 189 Å². The number of nitrogens with zero attached hydrogens (tertiary/aromatic N) is 3. The first-order valence-corrected chi connectivity index (χ1v) is 11.3. The van der Waals surface area contributed by atoms with Crippen molar-refractivity contribution in [3.63, 3.8) is 0 Å². The van der Waals surface area contributed by atoms with E-state index in [0.29, 0.717) is 18.8 Å². The molecule has 1 atom stereocenters. The maximum Gasteiger partial charge on any atom is 0.173 e. The normalized spacial score (nSPS) is 20.1. The number of carbonyl (C=O) groups is 1. The van der Waals surface area contributed by atoms with Crippen LogP contribution in [0.1, 0.15) is 42.8 Å². The van der Waals surface area contributed by atoms with E-state index in [2.05, 4.69) is 21.8 Å². The van der Waals surface area contributed by atoms with Crippen LogP contribution >= 0.6 is 0 Å². The van der Waals surface area contributed by atoms with E-state index in [-0.39, 0.29) is 5.78 Å². The van der Waals surface area contributed by atoms with Gasteiger partial charge in [-0.2, -0.15) is 0 Å². The van der Waals surface area contributed by atoms with Gasteiger partial charge in [0, 0.05) is 24.1 Å². The van der Waals surface area contributed by atoms with Gasteiger partial charge in [0.2, 0.25) is 0 Å². The Bertz CT molecular complexity index is 1100. The number of ketones is 1. The Hall–Kier alpha value is -3.41. The van der Waals surface area contributed by atoms with Gasteiger partial charge in [-0.1, -0.05) is 49.3 Å². The predicted molar refractivity (Wildman–Crippen MR) is 130 cm³/mol. The molecular formula is C26H31N5O. The molecule has 1 unspecified atom stereocenters. The molecule has 2 aliphatic rings. The van der Waals surface area contributed by atoms with Crippen molar-refractivity contribution in [2.24, 2.45) is 16.1 Å². The zero-order valence-corrected chi connectivity index (χ0v) is 18.8. The number of amidine groups is 1. The van der Waals surface area contributed by atoms with Gasteiger partial charge in [-0.25, -0.2) is 9.98 Å². The molecule has 3 N–H and O–H groups in total. The van der Waals surface area contributed by atoms with E-state index < -0.39 is 5.41 Å². The van der Waals surface area contributed by atoms with Crippen LogP contribution in [0.5, 0.6) is 0 Å². The highest BCUT2D eigenvalue weighted by atomic mass is 16.1. The first-order chi connectivity index (χ1) is 15.5. The number of hydrogen-bond donors (Lipinski definition) is 2. The van der Waals surface area contributed by atoms with Crippen LogP contribution in [0, 0.1) is 19.3 Å². The first kappa shape index (κ1) is 21.8. The maximum atomic E-state index is 13.0. The minimum Gasteiger partial charge on any atom is -0.386 e. The molecule has 0 spiro atoms. The Morgan fingerprint density at radius 3 is 2.84 bits per heavy atom. The zero-order valence-electron chi connectivity index (χ0n) is 18.8. The van der Waals surface area contributed by atoms with Crippen LogP contribution < -0.4 is 11.1 Å². The van der Waals surface area contributed by atoms with Crippen LogP contribution in [0.3, 0.4) is 0 Å². The highest BCUT2D eigenvalue weighted by molar-refractivity contribution is 6.15. The average Bonchev–Trinajstić information content (AvgIpc) is 3.12. The summed E-state index contributed by atoms with van der Waals surface area (Å²) < 4.78 is 2.24. The lowest BCUT2D eigenvalue weighted by molar-refractivity contribution is -0.119. The van der Waals surface area contributed by atoms with Gasteiger partial charge in [-0.05, 0) is 50.5 Å². The number of fused-ring (bicyclic) bond motifs is 1. The summed E-state index contributed by atoms with van der Waals surface area (Å²) >= 11 is 0. The van der Waals surface area contributed by atoms with Crippen molar-refractivity contribution in [2.45, 2.75) is 46.1 Å². The van der Waals surface area contributed by atoms with Crippen LogP contribution in [0.2, 0.25) is 0 Å². The number of anilines is 1. The molecule has 1 aromatic heterocycles. The number of allylic oxidation sites excluding steroid dienone is 3. The summed E-state index contributed by atoms with van der Waals surface area (Å²) in [5, 5.41) is 3.37. The van der Waals surface area contributed by atoms with Gasteiger partial charge in [0.25, 0.3) is 0 Å².